The van der Waals surface area contributed by atoms with Gasteiger partial charge in [0.2, 0.25) is 0 Å². The number of anilines is 1. The predicted octanol–water partition coefficient (Wildman–Crippen LogP) is 9.03. The minimum atomic E-state index is -0.334. The van der Waals surface area contributed by atoms with E-state index in [0.717, 1.165) is 40.4 Å². The van der Waals surface area contributed by atoms with Gasteiger partial charge in [0.25, 0.3) is 0 Å². The van der Waals surface area contributed by atoms with Crippen LogP contribution in [0.15, 0.2) is 97.2 Å². The van der Waals surface area contributed by atoms with Crippen LogP contribution in [0.4, 0.5) is 5.69 Å². The Kier molecular flexibility index (Phi) is 9.63. The summed E-state index contributed by atoms with van der Waals surface area (Å²) < 4.78 is 6.82. The number of carbonyl (C=O) groups is 1. The maximum Gasteiger partial charge on any atom is 0.325 e. The number of hydrogen-bond donors (Lipinski definition) is 1. The number of aryl methyl sites for hydroxylation is 1. The second-order valence-corrected chi connectivity index (χ2v) is 11.0. The number of ether oxygens (including phenoxy) is 1. The number of aromatic nitrogens is 2. The first-order valence-corrected chi connectivity index (χ1v) is 14.8. The van der Waals surface area contributed by atoms with Crippen molar-refractivity contribution < 1.29 is 9.53 Å². The fraction of sp³-hybridized carbons (Fsp3) is 0.200. The predicted molar refractivity (Wildman–Crippen MR) is 173 cm³/mol. The zero-order chi connectivity index (χ0) is 29.5. The zero-order valence-electron chi connectivity index (χ0n) is 23.7. The molecule has 5 nitrogen and oxygen atoms in total. The van der Waals surface area contributed by atoms with E-state index in [1.165, 1.54) is 36.6 Å². The van der Waals surface area contributed by atoms with Crippen LogP contribution in [0.3, 0.4) is 0 Å². The number of unbranched alkanes of at least 4 members (excludes halogenated alkanes) is 1. The summed E-state index contributed by atoms with van der Waals surface area (Å²) in [4.78, 5) is 16.7. The van der Waals surface area contributed by atoms with Crippen LogP contribution in [0, 0.1) is 0 Å². The van der Waals surface area contributed by atoms with E-state index in [2.05, 4.69) is 65.3 Å². The second-order valence-electron chi connectivity index (χ2n) is 10.2. The van der Waals surface area contributed by atoms with E-state index in [1.54, 1.807) is 6.07 Å². The Morgan fingerprint density at radius 1 is 0.905 bits per heavy atom. The van der Waals surface area contributed by atoms with Crippen LogP contribution in [-0.2, 0) is 22.4 Å². The molecule has 0 radical (unpaired) electrons. The molecule has 7 heteroatoms. The monoisotopic (exact) mass is 597 g/mol. The average Bonchev–Trinajstić information content (AvgIpc) is 3.42. The molecule has 0 aliphatic heterocycles. The van der Waals surface area contributed by atoms with Gasteiger partial charge in [-0.05, 0) is 71.5 Å². The van der Waals surface area contributed by atoms with Crippen molar-refractivity contribution in [2.45, 2.75) is 32.6 Å². The van der Waals surface area contributed by atoms with Gasteiger partial charge in [-0.25, -0.2) is 4.98 Å². The highest BCUT2D eigenvalue weighted by Crippen LogP contribution is 2.32. The zero-order valence-corrected chi connectivity index (χ0v) is 25.3. The highest BCUT2D eigenvalue weighted by Gasteiger charge is 2.15. The van der Waals surface area contributed by atoms with Gasteiger partial charge < -0.3 is 14.6 Å². The molecule has 5 aromatic rings. The molecule has 0 bridgehead atoms. The number of esters is 1. The van der Waals surface area contributed by atoms with Gasteiger partial charge in [0.1, 0.15) is 12.4 Å². The van der Waals surface area contributed by atoms with Crippen LogP contribution in [0.25, 0.3) is 28.1 Å². The number of benzene rings is 4. The summed E-state index contributed by atoms with van der Waals surface area (Å²) in [5.74, 6) is 0.522. The van der Waals surface area contributed by atoms with E-state index in [4.69, 9.17) is 32.9 Å². The molecule has 0 unspecified atom stereocenters. The lowest BCUT2D eigenvalue weighted by Crippen LogP contribution is -2.15. The average molecular weight is 599 g/mol. The normalized spacial score (nSPS) is 11.0. The van der Waals surface area contributed by atoms with Crippen molar-refractivity contribution in [1.82, 2.24) is 9.55 Å². The van der Waals surface area contributed by atoms with Gasteiger partial charge >= 0.3 is 5.97 Å². The third kappa shape index (κ3) is 7.22. The summed E-state index contributed by atoms with van der Waals surface area (Å²) in [6, 6.07) is 30.8. The minimum Gasteiger partial charge on any atom is -0.468 e. The molecule has 1 heterocycles. The molecule has 0 amide bonds. The van der Waals surface area contributed by atoms with E-state index in [1.807, 2.05) is 42.6 Å². The van der Waals surface area contributed by atoms with Gasteiger partial charge in [0.05, 0.1) is 17.8 Å². The number of hydrogen-bond acceptors (Lipinski definition) is 4. The third-order valence-corrected chi connectivity index (χ3v) is 7.75. The van der Waals surface area contributed by atoms with Crippen molar-refractivity contribution in [3.05, 3.63) is 124 Å². The van der Waals surface area contributed by atoms with Crippen LogP contribution in [0.1, 0.15) is 36.7 Å². The summed E-state index contributed by atoms with van der Waals surface area (Å²) in [5, 5.41) is 4.23. The summed E-state index contributed by atoms with van der Waals surface area (Å²) in [6.45, 7) is 2.30. The molecular formula is C35H33Cl2N3O2. The topological polar surface area (TPSA) is 56.2 Å². The molecule has 42 heavy (non-hydrogen) atoms. The van der Waals surface area contributed by atoms with Crippen molar-refractivity contribution in [3.63, 3.8) is 0 Å². The molecule has 5 rings (SSSR count). The second kappa shape index (κ2) is 13.7. The molecule has 0 fully saturated rings. The molecule has 0 aliphatic rings. The Morgan fingerprint density at radius 3 is 2.29 bits per heavy atom. The molecule has 0 spiro atoms. The van der Waals surface area contributed by atoms with E-state index in [0.29, 0.717) is 16.5 Å². The first kappa shape index (κ1) is 29.4. The molecule has 1 N–H and O–H groups in total. The SMILES string of the molecule is CCCCc1ccc(-c2ccc(Cc3nc(-c4ccc(Cl)cc4Cl)cn3-c3cccc(NCC(=O)OC)c3)cc2)cc1. The van der Waals surface area contributed by atoms with Crippen LogP contribution in [0.5, 0.6) is 0 Å². The van der Waals surface area contributed by atoms with Crippen LogP contribution < -0.4 is 5.32 Å². The summed E-state index contributed by atoms with van der Waals surface area (Å²) in [7, 11) is 1.37. The molecular weight excluding hydrogens is 565 g/mol. The lowest BCUT2D eigenvalue weighted by molar-refractivity contribution is -0.138. The number of imidazole rings is 1. The van der Waals surface area contributed by atoms with Crippen LogP contribution in [0.2, 0.25) is 10.0 Å². The summed E-state index contributed by atoms with van der Waals surface area (Å²) >= 11 is 12.7. The first-order chi connectivity index (χ1) is 20.4. The summed E-state index contributed by atoms with van der Waals surface area (Å²) in [5.41, 5.74) is 8.17. The smallest absolute Gasteiger partial charge is 0.325 e. The lowest BCUT2D eigenvalue weighted by Gasteiger charge is -2.11. The van der Waals surface area contributed by atoms with E-state index < -0.39 is 0 Å². The molecule has 214 valence electrons. The van der Waals surface area contributed by atoms with Crippen LogP contribution >= 0.6 is 23.2 Å². The largest absolute Gasteiger partial charge is 0.468 e. The lowest BCUT2D eigenvalue weighted by atomic mass is 10.00. The fourth-order valence-electron chi connectivity index (χ4n) is 4.85. The number of methoxy groups -OCH3 is 1. The number of halogens is 2. The maximum absolute atomic E-state index is 11.7. The van der Waals surface area contributed by atoms with Crippen molar-refractivity contribution in [1.29, 1.82) is 0 Å². The van der Waals surface area contributed by atoms with Gasteiger partial charge in [-0.3, -0.25) is 4.79 Å². The Balaban J connectivity index is 1.44. The van der Waals surface area contributed by atoms with E-state index >= 15 is 0 Å². The maximum atomic E-state index is 11.7. The molecule has 4 aromatic carbocycles. The van der Waals surface area contributed by atoms with Crippen LogP contribution in [-0.4, -0.2) is 29.2 Å². The van der Waals surface area contributed by atoms with E-state index in [-0.39, 0.29) is 12.5 Å². The van der Waals surface area contributed by atoms with Crippen molar-refractivity contribution in [2.24, 2.45) is 0 Å². The molecule has 1 aromatic heterocycles. The van der Waals surface area contributed by atoms with Gasteiger partial charge in [-0.1, -0.05) is 91.1 Å². The summed E-state index contributed by atoms with van der Waals surface area (Å²) in [6.07, 6.45) is 6.13. The van der Waals surface area contributed by atoms with Gasteiger partial charge in [-0.15, -0.1) is 0 Å². The Labute approximate surface area is 257 Å². The van der Waals surface area contributed by atoms with Crippen molar-refractivity contribution >= 4 is 34.9 Å². The molecule has 0 saturated carbocycles. The number of carbonyl (C=O) groups excluding carboxylic acids is 1. The standard InChI is InChI=1S/C35H33Cl2N3O2/c1-3-4-6-24-9-13-26(14-10-24)27-15-11-25(12-16-27)19-34-39-33(31-18-17-28(36)20-32(31)37)23-40(34)30-8-5-7-29(21-30)38-22-35(41)42-2/h5,7-18,20-21,23,38H,3-4,6,19,22H2,1-2H3. The minimum absolute atomic E-state index is 0.0796. The number of rotatable bonds is 11. The Bertz CT molecular complexity index is 1660. The highest BCUT2D eigenvalue weighted by atomic mass is 35.5. The molecule has 0 atom stereocenters. The Hall–Kier alpha value is -4.06. The first-order valence-electron chi connectivity index (χ1n) is 14.1. The van der Waals surface area contributed by atoms with Crippen molar-refractivity contribution in [3.8, 4) is 28.1 Å². The van der Waals surface area contributed by atoms with Gasteiger partial charge in [-0.2, -0.15) is 0 Å². The van der Waals surface area contributed by atoms with Crippen molar-refractivity contribution in [2.75, 3.05) is 19.0 Å². The Morgan fingerprint density at radius 2 is 1.62 bits per heavy atom. The quantitative estimate of drug-likeness (QED) is 0.154. The molecule has 0 saturated heterocycles. The number of nitrogens with zero attached hydrogens (tertiary/aromatic N) is 2. The number of nitrogens with one attached hydrogen (secondary N) is 1. The molecule has 0 aliphatic carbocycles. The highest BCUT2D eigenvalue weighted by molar-refractivity contribution is 6.36. The fourth-order valence-corrected chi connectivity index (χ4v) is 5.35. The third-order valence-electron chi connectivity index (χ3n) is 7.20. The van der Waals surface area contributed by atoms with Gasteiger partial charge in [0, 0.05) is 34.6 Å². The van der Waals surface area contributed by atoms with Gasteiger partial charge in [0.15, 0.2) is 0 Å². The van der Waals surface area contributed by atoms with E-state index in [9.17, 15) is 4.79 Å².